The molecule has 20 heavy (non-hydrogen) atoms. The van der Waals surface area contributed by atoms with E-state index in [0.717, 1.165) is 38.2 Å². The summed E-state index contributed by atoms with van der Waals surface area (Å²) in [6.45, 7) is 11.4. The van der Waals surface area contributed by atoms with E-state index in [9.17, 15) is 0 Å². The van der Waals surface area contributed by atoms with Crippen LogP contribution in [0.2, 0.25) is 0 Å². The molecule has 0 unspecified atom stereocenters. The summed E-state index contributed by atoms with van der Waals surface area (Å²) in [6.07, 6.45) is 6.76. The number of nitrogens with zero attached hydrogens (tertiary/aromatic N) is 1. The Hall–Kier alpha value is -0.120. The Kier molecular flexibility index (Phi) is 8.08. The summed E-state index contributed by atoms with van der Waals surface area (Å²) in [5, 5.41) is 3.75. The van der Waals surface area contributed by atoms with Gasteiger partial charge in [-0.15, -0.1) is 0 Å². The highest BCUT2D eigenvalue weighted by molar-refractivity contribution is 4.83. The molecule has 1 fully saturated rings. The van der Waals surface area contributed by atoms with Crippen molar-refractivity contribution in [1.82, 2.24) is 10.2 Å². The highest BCUT2D eigenvalue weighted by Gasteiger charge is 2.29. The third-order valence-corrected chi connectivity index (χ3v) is 4.78. The van der Waals surface area contributed by atoms with E-state index in [1.54, 1.807) is 7.11 Å². The van der Waals surface area contributed by atoms with Crippen molar-refractivity contribution in [3.63, 3.8) is 0 Å². The van der Waals surface area contributed by atoms with Gasteiger partial charge in [0, 0.05) is 19.7 Å². The van der Waals surface area contributed by atoms with Crippen molar-refractivity contribution in [2.24, 2.45) is 11.3 Å². The summed E-state index contributed by atoms with van der Waals surface area (Å²) >= 11 is 0. The Bertz CT molecular complexity index is 242. The topological polar surface area (TPSA) is 24.5 Å². The summed E-state index contributed by atoms with van der Waals surface area (Å²) in [5.74, 6) is 0.917. The first-order valence-electron chi connectivity index (χ1n) is 8.34. The minimum atomic E-state index is 0.495. The second-order valence-corrected chi connectivity index (χ2v) is 7.52. The number of likely N-dealkylation sites (N-methyl/N-ethyl adjacent to an activating group) is 1. The number of hydrogen-bond acceptors (Lipinski definition) is 3. The lowest BCUT2D eigenvalue weighted by Crippen LogP contribution is -2.37. The first kappa shape index (κ1) is 17.9. The van der Waals surface area contributed by atoms with Crippen LogP contribution >= 0.6 is 0 Å². The van der Waals surface area contributed by atoms with Gasteiger partial charge in [0.25, 0.3) is 0 Å². The monoisotopic (exact) mass is 284 g/mol. The van der Waals surface area contributed by atoms with E-state index in [1.807, 2.05) is 0 Å². The second-order valence-electron chi connectivity index (χ2n) is 7.52. The Morgan fingerprint density at radius 2 is 1.75 bits per heavy atom. The Morgan fingerprint density at radius 1 is 1.10 bits per heavy atom. The standard InChI is InChI=1S/C17H36N2O/c1-17(2,3)15-7-9-16(10-8-15)18-11-6-12-19(4)13-14-20-5/h15-16,18H,6-14H2,1-5H3. The van der Waals surface area contributed by atoms with Crippen LogP contribution in [0.1, 0.15) is 52.9 Å². The molecule has 1 saturated carbocycles. The third-order valence-electron chi connectivity index (χ3n) is 4.78. The van der Waals surface area contributed by atoms with Gasteiger partial charge in [0.05, 0.1) is 6.61 Å². The van der Waals surface area contributed by atoms with Crippen LogP contribution in [-0.4, -0.2) is 51.3 Å². The molecule has 0 atom stereocenters. The number of ether oxygens (including phenoxy) is 1. The molecule has 0 bridgehead atoms. The van der Waals surface area contributed by atoms with Crippen molar-refractivity contribution < 1.29 is 4.74 Å². The zero-order valence-corrected chi connectivity index (χ0v) is 14.4. The molecule has 1 N–H and O–H groups in total. The predicted octanol–water partition coefficient (Wildman–Crippen LogP) is 3.15. The van der Waals surface area contributed by atoms with Crippen LogP contribution in [0.15, 0.2) is 0 Å². The maximum Gasteiger partial charge on any atom is 0.0589 e. The van der Waals surface area contributed by atoms with Crippen molar-refractivity contribution in [3.8, 4) is 0 Å². The van der Waals surface area contributed by atoms with Gasteiger partial charge in [0.2, 0.25) is 0 Å². The predicted molar refractivity (Wildman–Crippen MR) is 87.2 cm³/mol. The molecule has 0 radical (unpaired) electrons. The zero-order chi connectivity index (χ0) is 15.0. The first-order chi connectivity index (χ1) is 9.43. The van der Waals surface area contributed by atoms with E-state index in [-0.39, 0.29) is 0 Å². The molecule has 0 aromatic carbocycles. The van der Waals surface area contributed by atoms with Gasteiger partial charge in [-0.2, -0.15) is 0 Å². The highest BCUT2D eigenvalue weighted by atomic mass is 16.5. The molecule has 0 saturated heterocycles. The summed E-state index contributed by atoms with van der Waals surface area (Å²) in [5.41, 5.74) is 0.495. The summed E-state index contributed by atoms with van der Waals surface area (Å²) < 4.78 is 5.09. The molecule has 0 amide bonds. The average molecular weight is 284 g/mol. The van der Waals surface area contributed by atoms with E-state index in [2.05, 4.69) is 38.0 Å². The molecular formula is C17H36N2O. The Balaban J connectivity index is 2.04. The fourth-order valence-electron chi connectivity index (χ4n) is 3.18. The molecule has 0 spiro atoms. The van der Waals surface area contributed by atoms with E-state index in [0.29, 0.717) is 5.41 Å². The average Bonchev–Trinajstić information content (AvgIpc) is 2.41. The van der Waals surface area contributed by atoms with Crippen LogP contribution in [0.25, 0.3) is 0 Å². The quantitative estimate of drug-likeness (QED) is 0.693. The molecule has 0 heterocycles. The van der Waals surface area contributed by atoms with Crippen LogP contribution < -0.4 is 5.32 Å². The smallest absolute Gasteiger partial charge is 0.0589 e. The molecule has 0 aromatic rings. The van der Waals surface area contributed by atoms with Crippen LogP contribution in [0.4, 0.5) is 0 Å². The minimum Gasteiger partial charge on any atom is -0.383 e. The molecule has 1 aliphatic carbocycles. The number of hydrogen-bond donors (Lipinski definition) is 1. The molecular weight excluding hydrogens is 248 g/mol. The van der Waals surface area contributed by atoms with Crippen molar-refractivity contribution >= 4 is 0 Å². The maximum absolute atomic E-state index is 5.09. The van der Waals surface area contributed by atoms with Gasteiger partial charge in [-0.05, 0) is 63.6 Å². The maximum atomic E-state index is 5.09. The van der Waals surface area contributed by atoms with Gasteiger partial charge in [-0.3, -0.25) is 0 Å². The largest absolute Gasteiger partial charge is 0.383 e. The molecule has 1 aliphatic rings. The molecule has 3 nitrogen and oxygen atoms in total. The zero-order valence-electron chi connectivity index (χ0n) is 14.4. The second kappa shape index (κ2) is 9.01. The van der Waals surface area contributed by atoms with Crippen LogP contribution in [0.3, 0.4) is 0 Å². The molecule has 3 heteroatoms. The van der Waals surface area contributed by atoms with Gasteiger partial charge in [-0.1, -0.05) is 20.8 Å². The molecule has 120 valence electrons. The summed E-state index contributed by atoms with van der Waals surface area (Å²) in [4.78, 5) is 2.35. The Labute approximate surface area is 126 Å². The van der Waals surface area contributed by atoms with Gasteiger partial charge >= 0.3 is 0 Å². The van der Waals surface area contributed by atoms with Crippen LogP contribution in [0.5, 0.6) is 0 Å². The van der Waals surface area contributed by atoms with E-state index >= 15 is 0 Å². The van der Waals surface area contributed by atoms with Crippen molar-refractivity contribution in [2.45, 2.75) is 58.9 Å². The molecule has 1 rings (SSSR count). The fraction of sp³-hybridized carbons (Fsp3) is 1.00. The SMILES string of the molecule is COCCN(C)CCCNC1CCC(C(C)(C)C)CC1. The molecule has 0 aromatic heterocycles. The van der Waals surface area contributed by atoms with Crippen molar-refractivity contribution in [3.05, 3.63) is 0 Å². The molecule has 0 aliphatic heterocycles. The fourth-order valence-corrected chi connectivity index (χ4v) is 3.18. The lowest BCUT2D eigenvalue weighted by atomic mass is 9.71. The summed E-state index contributed by atoms with van der Waals surface area (Å²) in [7, 11) is 3.94. The van der Waals surface area contributed by atoms with E-state index in [4.69, 9.17) is 4.74 Å². The van der Waals surface area contributed by atoms with Gasteiger partial charge in [0.1, 0.15) is 0 Å². The highest BCUT2D eigenvalue weighted by Crippen LogP contribution is 2.37. The summed E-state index contributed by atoms with van der Waals surface area (Å²) in [6, 6.07) is 0.762. The van der Waals surface area contributed by atoms with Gasteiger partial charge in [-0.25, -0.2) is 0 Å². The van der Waals surface area contributed by atoms with E-state index < -0.39 is 0 Å². The Morgan fingerprint density at radius 3 is 2.30 bits per heavy atom. The number of nitrogens with one attached hydrogen (secondary N) is 1. The lowest BCUT2D eigenvalue weighted by molar-refractivity contribution is 0.155. The third kappa shape index (κ3) is 7.05. The van der Waals surface area contributed by atoms with Crippen LogP contribution in [-0.2, 0) is 4.74 Å². The van der Waals surface area contributed by atoms with Gasteiger partial charge in [0.15, 0.2) is 0 Å². The van der Waals surface area contributed by atoms with Crippen LogP contribution in [0, 0.1) is 11.3 Å². The van der Waals surface area contributed by atoms with Crippen molar-refractivity contribution in [1.29, 1.82) is 0 Å². The number of rotatable bonds is 8. The van der Waals surface area contributed by atoms with E-state index in [1.165, 1.54) is 32.1 Å². The lowest BCUT2D eigenvalue weighted by Gasteiger charge is -2.37. The number of methoxy groups -OCH3 is 1. The first-order valence-corrected chi connectivity index (χ1v) is 8.34. The van der Waals surface area contributed by atoms with Crippen molar-refractivity contribution in [2.75, 3.05) is 40.4 Å². The normalized spacial score (nSPS) is 24.3. The minimum absolute atomic E-state index is 0.495. The van der Waals surface area contributed by atoms with Gasteiger partial charge < -0.3 is 15.0 Å².